The third kappa shape index (κ3) is 2.41. The lowest BCUT2D eigenvalue weighted by Crippen LogP contribution is -2.44. The molecule has 0 saturated carbocycles. The predicted molar refractivity (Wildman–Crippen MR) is 118 cm³/mol. The van der Waals surface area contributed by atoms with E-state index in [1.54, 1.807) is 0 Å². The molecule has 2 aromatic rings. The molecule has 0 radical (unpaired) electrons. The lowest BCUT2D eigenvalue weighted by molar-refractivity contribution is 0.204. The molecular formula is C26H26N2. The van der Waals surface area contributed by atoms with Gasteiger partial charge in [-0.05, 0) is 28.8 Å². The third-order valence-corrected chi connectivity index (χ3v) is 6.04. The van der Waals surface area contributed by atoms with E-state index in [1.807, 2.05) is 13.8 Å². The van der Waals surface area contributed by atoms with Crippen LogP contribution in [0.4, 0.5) is 0 Å². The topological polar surface area (TPSA) is 15.3 Å². The summed E-state index contributed by atoms with van der Waals surface area (Å²) in [5.41, 5.74) is 5.47. The van der Waals surface area contributed by atoms with Crippen molar-refractivity contribution in [2.45, 2.75) is 38.4 Å². The number of benzene rings is 2. The third-order valence-electron chi connectivity index (χ3n) is 6.04. The highest BCUT2D eigenvalue weighted by Crippen LogP contribution is 2.50. The van der Waals surface area contributed by atoms with Gasteiger partial charge in [-0.2, -0.15) is 0 Å². The molecule has 0 aromatic heterocycles. The molecule has 2 nitrogen and oxygen atoms in total. The molecule has 3 atom stereocenters. The number of hydrogen-bond donors (Lipinski definition) is 1. The fraction of sp³-hybridized carbons (Fsp3) is 0.231. The zero-order valence-electron chi connectivity index (χ0n) is 16.5. The van der Waals surface area contributed by atoms with Crippen molar-refractivity contribution in [2.75, 3.05) is 0 Å². The SMILES string of the molecule is C1=CCC=C2NC3c4c(ccc5ccccc45)C4C=CC=CC4N3C2=C1.CC. The monoisotopic (exact) mass is 366 g/mol. The van der Waals surface area contributed by atoms with E-state index in [1.165, 1.54) is 33.3 Å². The first-order valence-corrected chi connectivity index (χ1v) is 10.4. The van der Waals surface area contributed by atoms with Crippen LogP contribution in [-0.2, 0) is 0 Å². The summed E-state index contributed by atoms with van der Waals surface area (Å²) in [5.74, 6) is 0.394. The number of allylic oxidation sites excluding steroid dienone is 6. The van der Waals surface area contributed by atoms with Crippen LogP contribution in [0, 0.1) is 0 Å². The van der Waals surface area contributed by atoms with Gasteiger partial charge in [0, 0.05) is 11.5 Å². The number of rotatable bonds is 0. The molecule has 1 N–H and O–H groups in total. The molecule has 1 saturated heterocycles. The molecule has 2 heterocycles. The molecule has 2 aliphatic carbocycles. The second-order valence-corrected chi connectivity index (χ2v) is 7.36. The van der Waals surface area contributed by atoms with E-state index in [0.29, 0.717) is 12.0 Å². The molecular weight excluding hydrogens is 340 g/mol. The van der Waals surface area contributed by atoms with E-state index in [2.05, 4.69) is 95.2 Å². The molecule has 6 rings (SSSR count). The first-order chi connectivity index (χ1) is 13.9. The Bertz CT molecular complexity index is 1070. The summed E-state index contributed by atoms with van der Waals surface area (Å²) in [7, 11) is 0. The Morgan fingerprint density at radius 2 is 1.82 bits per heavy atom. The van der Waals surface area contributed by atoms with E-state index in [9.17, 15) is 0 Å². The van der Waals surface area contributed by atoms with Crippen LogP contribution in [0.5, 0.6) is 0 Å². The smallest absolute Gasteiger partial charge is 0.127 e. The Balaban J connectivity index is 0.000000829. The van der Waals surface area contributed by atoms with Crippen LogP contribution in [0.3, 0.4) is 0 Å². The van der Waals surface area contributed by atoms with Crippen molar-refractivity contribution < 1.29 is 0 Å². The fourth-order valence-electron chi connectivity index (χ4n) is 4.93. The molecule has 2 aliphatic heterocycles. The minimum absolute atomic E-state index is 0.192. The van der Waals surface area contributed by atoms with Crippen molar-refractivity contribution in [3.63, 3.8) is 0 Å². The van der Waals surface area contributed by atoms with Crippen LogP contribution >= 0.6 is 0 Å². The minimum Gasteiger partial charge on any atom is -0.360 e. The van der Waals surface area contributed by atoms with Crippen LogP contribution in [-0.4, -0.2) is 10.9 Å². The van der Waals surface area contributed by atoms with Crippen molar-refractivity contribution in [1.29, 1.82) is 0 Å². The molecule has 0 spiro atoms. The highest BCUT2D eigenvalue weighted by molar-refractivity contribution is 5.88. The van der Waals surface area contributed by atoms with Gasteiger partial charge in [0.15, 0.2) is 0 Å². The zero-order valence-corrected chi connectivity index (χ0v) is 16.5. The van der Waals surface area contributed by atoms with E-state index >= 15 is 0 Å². The van der Waals surface area contributed by atoms with Gasteiger partial charge in [0.2, 0.25) is 0 Å². The predicted octanol–water partition coefficient (Wildman–Crippen LogP) is 6.09. The Morgan fingerprint density at radius 1 is 0.964 bits per heavy atom. The van der Waals surface area contributed by atoms with Crippen LogP contribution in [0.25, 0.3) is 10.8 Å². The highest BCUT2D eigenvalue weighted by Gasteiger charge is 2.45. The molecule has 2 heteroatoms. The zero-order chi connectivity index (χ0) is 19.1. The summed E-state index contributed by atoms with van der Waals surface area (Å²) in [5, 5.41) is 6.52. The molecule has 0 bridgehead atoms. The normalized spacial score (nSPS) is 25.9. The fourth-order valence-corrected chi connectivity index (χ4v) is 4.93. The van der Waals surface area contributed by atoms with Gasteiger partial charge >= 0.3 is 0 Å². The molecule has 2 aromatic carbocycles. The second kappa shape index (κ2) is 6.87. The van der Waals surface area contributed by atoms with Crippen LogP contribution < -0.4 is 5.32 Å². The maximum atomic E-state index is 3.84. The van der Waals surface area contributed by atoms with Gasteiger partial charge in [0.1, 0.15) is 6.17 Å². The van der Waals surface area contributed by atoms with Gasteiger partial charge < -0.3 is 10.2 Å². The van der Waals surface area contributed by atoms with Gasteiger partial charge in [-0.3, -0.25) is 0 Å². The standard InChI is InChI=1S/C24H20N2.C2H6/c1-2-11-20-22(13-3-1)26-21-12-7-6-10-18(21)19-15-14-16-8-4-5-9-17(16)23(19)24(26)25-20;1-2/h1,3-15,18,21,24-25H,2H2;1-2H3. The van der Waals surface area contributed by atoms with Crippen LogP contribution in [0.15, 0.2) is 96.4 Å². The Labute approximate surface area is 167 Å². The van der Waals surface area contributed by atoms with Crippen molar-refractivity contribution >= 4 is 10.8 Å². The lowest BCUT2D eigenvalue weighted by atomic mass is 9.78. The van der Waals surface area contributed by atoms with Crippen molar-refractivity contribution in [2.24, 2.45) is 0 Å². The Morgan fingerprint density at radius 3 is 2.75 bits per heavy atom. The summed E-state index contributed by atoms with van der Waals surface area (Å²) >= 11 is 0. The van der Waals surface area contributed by atoms with Gasteiger partial charge in [-0.25, -0.2) is 0 Å². The highest BCUT2D eigenvalue weighted by atomic mass is 15.4. The number of hydrogen-bond acceptors (Lipinski definition) is 2. The maximum absolute atomic E-state index is 3.84. The average Bonchev–Trinajstić information content (AvgIpc) is 2.97. The molecule has 28 heavy (non-hydrogen) atoms. The quantitative estimate of drug-likeness (QED) is 0.607. The summed E-state index contributed by atoms with van der Waals surface area (Å²) < 4.78 is 0. The lowest BCUT2D eigenvalue weighted by Gasteiger charge is -2.44. The molecule has 140 valence electrons. The van der Waals surface area contributed by atoms with Crippen molar-refractivity contribution in [1.82, 2.24) is 10.2 Å². The van der Waals surface area contributed by atoms with E-state index in [-0.39, 0.29) is 6.17 Å². The average molecular weight is 367 g/mol. The van der Waals surface area contributed by atoms with Crippen molar-refractivity contribution in [3.05, 3.63) is 108 Å². The maximum Gasteiger partial charge on any atom is 0.127 e. The van der Waals surface area contributed by atoms with Crippen LogP contribution in [0.2, 0.25) is 0 Å². The Hall–Kier alpha value is -3.00. The van der Waals surface area contributed by atoms with E-state index < -0.39 is 0 Å². The number of fused-ring (bicyclic) bond motifs is 10. The van der Waals surface area contributed by atoms with E-state index in [0.717, 1.165) is 6.42 Å². The number of nitrogens with one attached hydrogen (secondary N) is 1. The largest absolute Gasteiger partial charge is 0.360 e. The van der Waals surface area contributed by atoms with Crippen LogP contribution in [0.1, 0.15) is 43.5 Å². The van der Waals surface area contributed by atoms with Gasteiger partial charge in [0.25, 0.3) is 0 Å². The summed E-state index contributed by atoms with van der Waals surface area (Å²) in [6, 6.07) is 13.8. The van der Waals surface area contributed by atoms with Gasteiger partial charge in [-0.1, -0.05) is 92.8 Å². The summed E-state index contributed by atoms with van der Waals surface area (Å²) in [6.07, 6.45) is 19.3. The molecule has 1 fully saturated rings. The van der Waals surface area contributed by atoms with Gasteiger partial charge in [0.05, 0.1) is 17.4 Å². The first kappa shape index (κ1) is 17.1. The minimum atomic E-state index is 0.192. The summed E-state index contributed by atoms with van der Waals surface area (Å²) in [6.45, 7) is 4.00. The second-order valence-electron chi connectivity index (χ2n) is 7.36. The van der Waals surface area contributed by atoms with Crippen molar-refractivity contribution in [3.8, 4) is 0 Å². The molecule has 4 aliphatic rings. The molecule has 3 unspecified atom stereocenters. The Kier molecular flexibility index (Phi) is 4.20. The number of nitrogens with zero attached hydrogens (tertiary/aromatic N) is 1. The first-order valence-electron chi connectivity index (χ1n) is 10.4. The van der Waals surface area contributed by atoms with Gasteiger partial charge in [-0.15, -0.1) is 0 Å². The summed E-state index contributed by atoms with van der Waals surface area (Å²) in [4.78, 5) is 2.58. The molecule has 0 amide bonds. The van der Waals surface area contributed by atoms with E-state index in [4.69, 9.17) is 0 Å².